The molecule has 11 heavy (non-hydrogen) atoms. The number of likely N-dealkylation sites (tertiary alicyclic amines) is 1. The fourth-order valence-corrected chi connectivity index (χ4v) is 1.54. The van der Waals surface area contributed by atoms with Gasteiger partial charge in [0.05, 0.1) is 0 Å². The Morgan fingerprint density at radius 3 is 2.45 bits per heavy atom. The van der Waals surface area contributed by atoms with Crippen molar-refractivity contribution in [3.8, 4) is 0 Å². The second kappa shape index (κ2) is 3.74. The van der Waals surface area contributed by atoms with Crippen LogP contribution in [0.1, 0.15) is 26.2 Å². The van der Waals surface area contributed by atoms with Crippen molar-refractivity contribution in [1.82, 2.24) is 4.90 Å². The molecular weight excluding hydrogens is 138 g/mol. The van der Waals surface area contributed by atoms with E-state index in [4.69, 9.17) is 0 Å². The number of hydrogen-bond donors (Lipinski definition) is 0. The van der Waals surface area contributed by atoms with Crippen LogP contribution in [0.5, 0.6) is 0 Å². The van der Waals surface area contributed by atoms with Crippen molar-refractivity contribution in [2.45, 2.75) is 26.2 Å². The Morgan fingerprint density at radius 1 is 1.55 bits per heavy atom. The number of nitrogens with zero attached hydrogens (tertiary/aromatic N) is 1. The lowest BCUT2D eigenvalue weighted by Gasteiger charge is -2.30. The van der Waals surface area contributed by atoms with Crippen molar-refractivity contribution < 1.29 is 4.79 Å². The summed E-state index contributed by atoms with van der Waals surface area (Å²) in [6.07, 6.45) is 3.30. The first-order chi connectivity index (χ1) is 5.24. The van der Waals surface area contributed by atoms with E-state index in [2.05, 4.69) is 6.92 Å². The first-order valence-corrected chi connectivity index (χ1v) is 4.28. The Kier molecular flexibility index (Phi) is 2.92. The molecule has 1 aliphatic heterocycles. The van der Waals surface area contributed by atoms with Crippen LogP contribution in [0, 0.1) is 12.8 Å². The van der Waals surface area contributed by atoms with Crippen LogP contribution in [0.15, 0.2) is 0 Å². The van der Waals surface area contributed by atoms with Gasteiger partial charge in [-0.05, 0) is 18.8 Å². The van der Waals surface area contributed by atoms with Gasteiger partial charge in [0.1, 0.15) is 0 Å². The highest BCUT2D eigenvalue weighted by Crippen LogP contribution is 2.19. The summed E-state index contributed by atoms with van der Waals surface area (Å²) in [6.45, 7) is 7.40. The summed E-state index contributed by atoms with van der Waals surface area (Å²) in [4.78, 5) is 12.8. The van der Waals surface area contributed by atoms with Gasteiger partial charge in [0.25, 0.3) is 0 Å². The lowest BCUT2D eigenvalue weighted by atomic mass is 9.94. The largest absolute Gasteiger partial charge is 0.343 e. The molecular formula is C9H16NO. The van der Waals surface area contributed by atoms with Gasteiger partial charge in [-0.2, -0.15) is 0 Å². The molecule has 2 nitrogen and oxygen atoms in total. The summed E-state index contributed by atoms with van der Waals surface area (Å²) in [5.41, 5.74) is 0. The van der Waals surface area contributed by atoms with Gasteiger partial charge >= 0.3 is 0 Å². The van der Waals surface area contributed by atoms with Crippen LogP contribution in [0.4, 0.5) is 0 Å². The summed E-state index contributed by atoms with van der Waals surface area (Å²) < 4.78 is 0. The summed E-state index contributed by atoms with van der Waals surface area (Å²) in [5.74, 6) is 0.970. The Labute approximate surface area is 68.6 Å². The quantitative estimate of drug-likeness (QED) is 0.560. The molecule has 0 bridgehead atoms. The Balaban J connectivity index is 2.30. The highest BCUT2D eigenvalue weighted by molar-refractivity contribution is 5.73. The van der Waals surface area contributed by atoms with E-state index >= 15 is 0 Å². The third-order valence-electron chi connectivity index (χ3n) is 2.47. The molecule has 0 spiro atoms. The average Bonchev–Trinajstić information content (AvgIpc) is 2.05. The maximum Gasteiger partial charge on any atom is 0.219 e. The molecule has 2 heteroatoms. The molecule has 1 aliphatic rings. The lowest BCUT2D eigenvalue weighted by molar-refractivity contribution is -0.130. The average molecular weight is 154 g/mol. The van der Waals surface area contributed by atoms with Crippen LogP contribution in [0.2, 0.25) is 0 Å². The van der Waals surface area contributed by atoms with Crippen molar-refractivity contribution >= 4 is 5.91 Å². The minimum atomic E-state index is 0.215. The van der Waals surface area contributed by atoms with Crippen LogP contribution in [0.3, 0.4) is 0 Å². The van der Waals surface area contributed by atoms with Gasteiger partial charge in [0, 0.05) is 20.0 Å². The second-order valence-corrected chi connectivity index (χ2v) is 3.24. The predicted octanol–water partition coefficient (Wildman–Crippen LogP) is 1.47. The molecule has 1 radical (unpaired) electrons. The van der Waals surface area contributed by atoms with Gasteiger partial charge in [-0.1, -0.05) is 13.3 Å². The third kappa shape index (κ3) is 2.21. The first kappa shape index (κ1) is 8.57. The molecule has 0 aromatic carbocycles. The van der Waals surface area contributed by atoms with Gasteiger partial charge in [0.15, 0.2) is 0 Å². The van der Waals surface area contributed by atoms with Crippen LogP contribution < -0.4 is 0 Å². The van der Waals surface area contributed by atoms with E-state index in [-0.39, 0.29) is 5.91 Å². The standard InChI is InChI=1S/C9H16NO/c1-3-9-4-6-10(7-5-9)8(2)11/h9H,1,3-7H2,2H3. The molecule has 1 fully saturated rings. The zero-order valence-corrected chi connectivity index (χ0v) is 7.18. The van der Waals surface area contributed by atoms with E-state index in [0.29, 0.717) is 0 Å². The topological polar surface area (TPSA) is 20.3 Å². The predicted molar refractivity (Wildman–Crippen MR) is 45.0 cm³/mol. The molecule has 0 N–H and O–H groups in total. The molecule has 1 saturated heterocycles. The van der Waals surface area contributed by atoms with Crippen molar-refractivity contribution in [2.24, 2.45) is 5.92 Å². The zero-order valence-electron chi connectivity index (χ0n) is 7.18. The van der Waals surface area contributed by atoms with E-state index < -0.39 is 0 Å². The van der Waals surface area contributed by atoms with Crippen molar-refractivity contribution in [3.63, 3.8) is 0 Å². The summed E-state index contributed by atoms with van der Waals surface area (Å²) in [6, 6.07) is 0. The maximum atomic E-state index is 10.9. The van der Waals surface area contributed by atoms with E-state index in [9.17, 15) is 4.79 Å². The van der Waals surface area contributed by atoms with E-state index in [0.717, 1.165) is 38.3 Å². The summed E-state index contributed by atoms with van der Waals surface area (Å²) >= 11 is 0. The molecule has 0 aromatic heterocycles. The van der Waals surface area contributed by atoms with Crippen LogP contribution in [-0.4, -0.2) is 23.9 Å². The minimum Gasteiger partial charge on any atom is -0.343 e. The summed E-state index contributed by atoms with van der Waals surface area (Å²) in [7, 11) is 0. The molecule has 63 valence electrons. The molecule has 0 unspecified atom stereocenters. The fourth-order valence-electron chi connectivity index (χ4n) is 1.54. The number of rotatable bonds is 1. The van der Waals surface area contributed by atoms with Crippen LogP contribution in [-0.2, 0) is 4.79 Å². The Morgan fingerprint density at radius 2 is 2.09 bits per heavy atom. The third-order valence-corrected chi connectivity index (χ3v) is 2.47. The van der Waals surface area contributed by atoms with Crippen molar-refractivity contribution in [1.29, 1.82) is 0 Å². The van der Waals surface area contributed by atoms with E-state index in [1.165, 1.54) is 0 Å². The number of amides is 1. The number of hydrogen-bond acceptors (Lipinski definition) is 1. The van der Waals surface area contributed by atoms with Gasteiger partial charge in [-0.25, -0.2) is 0 Å². The SMILES string of the molecule is [CH2]CC1CCN(C(C)=O)CC1. The maximum absolute atomic E-state index is 10.9. The molecule has 0 aliphatic carbocycles. The van der Waals surface area contributed by atoms with E-state index in [1.807, 2.05) is 4.90 Å². The fraction of sp³-hybridized carbons (Fsp3) is 0.778. The van der Waals surface area contributed by atoms with Crippen LogP contribution in [0.25, 0.3) is 0 Å². The highest BCUT2D eigenvalue weighted by Gasteiger charge is 2.18. The smallest absolute Gasteiger partial charge is 0.219 e. The van der Waals surface area contributed by atoms with E-state index in [1.54, 1.807) is 6.92 Å². The number of carbonyl (C=O) groups is 1. The number of piperidine rings is 1. The summed E-state index contributed by atoms with van der Waals surface area (Å²) in [5, 5.41) is 0. The van der Waals surface area contributed by atoms with Crippen LogP contribution >= 0.6 is 0 Å². The van der Waals surface area contributed by atoms with Gasteiger partial charge < -0.3 is 4.90 Å². The molecule has 1 amide bonds. The Hall–Kier alpha value is -0.530. The molecule has 1 rings (SSSR count). The van der Waals surface area contributed by atoms with Crippen molar-refractivity contribution in [3.05, 3.63) is 6.92 Å². The second-order valence-electron chi connectivity index (χ2n) is 3.24. The molecule has 0 aromatic rings. The van der Waals surface area contributed by atoms with Gasteiger partial charge in [-0.15, -0.1) is 0 Å². The van der Waals surface area contributed by atoms with Gasteiger partial charge in [0.2, 0.25) is 5.91 Å². The Bertz CT molecular complexity index is 136. The first-order valence-electron chi connectivity index (χ1n) is 4.28. The lowest BCUT2D eigenvalue weighted by Crippen LogP contribution is -2.36. The normalized spacial score (nSPS) is 20.4. The van der Waals surface area contributed by atoms with Crippen molar-refractivity contribution in [2.75, 3.05) is 13.1 Å². The molecule has 1 heterocycles. The highest BCUT2D eigenvalue weighted by atomic mass is 16.2. The number of carbonyl (C=O) groups excluding carboxylic acids is 1. The zero-order chi connectivity index (χ0) is 8.27. The minimum absolute atomic E-state index is 0.215. The monoisotopic (exact) mass is 154 g/mol. The molecule has 0 saturated carbocycles. The van der Waals surface area contributed by atoms with Gasteiger partial charge in [-0.3, -0.25) is 4.79 Å². The molecule has 0 atom stereocenters.